The summed E-state index contributed by atoms with van der Waals surface area (Å²) < 4.78 is 20.1. The third-order valence-corrected chi connectivity index (χ3v) is 6.64. The number of carbonyl (C=O) groups is 1. The Kier molecular flexibility index (Phi) is 7.06. The number of nitrogens with one attached hydrogen (secondary N) is 2. The second-order valence-corrected chi connectivity index (χ2v) is 9.38. The number of aliphatic hydroxyl groups is 1. The molecule has 0 radical (unpaired) electrons. The highest BCUT2D eigenvalue weighted by Crippen LogP contribution is 2.28. The summed E-state index contributed by atoms with van der Waals surface area (Å²) in [5.74, 6) is -0.120. The molecule has 2 saturated heterocycles. The van der Waals surface area contributed by atoms with E-state index in [-0.39, 0.29) is 42.1 Å². The van der Waals surface area contributed by atoms with E-state index in [0.717, 1.165) is 18.7 Å². The first kappa shape index (κ1) is 24.4. The standard InChI is InChI=1S/C24H29ClFN5O3/c1-13(32)9-30-7-6-17(10-30)34-21-8-16(26)4-5-18(21)24(33)31-11-19(20(27)12-31)23-28-14(2)22(25)15(3)29-23/h4-5,8,13,17,27-28,32H,6-7,9-12H2,1-3H3/b23-19+,27-20?. The summed E-state index contributed by atoms with van der Waals surface area (Å²) in [6, 6.07) is 3.90. The van der Waals surface area contributed by atoms with Crippen LogP contribution in [0.3, 0.4) is 0 Å². The van der Waals surface area contributed by atoms with Crippen LogP contribution < -0.4 is 10.1 Å². The lowest BCUT2D eigenvalue weighted by molar-refractivity contribution is 0.0796. The van der Waals surface area contributed by atoms with Crippen LogP contribution in [-0.2, 0) is 0 Å². The van der Waals surface area contributed by atoms with Crippen molar-refractivity contribution in [2.24, 2.45) is 4.99 Å². The largest absolute Gasteiger partial charge is 0.488 e. The van der Waals surface area contributed by atoms with Gasteiger partial charge in [0.15, 0.2) is 0 Å². The fourth-order valence-electron chi connectivity index (χ4n) is 4.43. The fraction of sp³-hybridized carbons (Fsp3) is 0.458. The SMILES string of the molecule is CC1=N/C(=C2\CN(C(=O)c3ccc(F)cc3OC3CCN(CC(C)O)C3)CC2=N)NC(C)=C1Cl. The van der Waals surface area contributed by atoms with Gasteiger partial charge in [0, 0.05) is 37.0 Å². The van der Waals surface area contributed by atoms with Crippen LogP contribution in [-0.4, -0.2) is 77.2 Å². The van der Waals surface area contributed by atoms with Crippen LogP contribution in [0.25, 0.3) is 0 Å². The summed E-state index contributed by atoms with van der Waals surface area (Å²) in [5.41, 5.74) is 2.54. The van der Waals surface area contributed by atoms with Gasteiger partial charge in [-0.05, 0) is 39.3 Å². The summed E-state index contributed by atoms with van der Waals surface area (Å²) >= 11 is 6.20. The molecule has 3 N–H and O–H groups in total. The van der Waals surface area contributed by atoms with Crippen molar-refractivity contribution in [3.8, 4) is 5.75 Å². The second-order valence-electron chi connectivity index (χ2n) is 9.01. The topological polar surface area (TPSA) is 101 Å². The van der Waals surface area contributed by atoms with E-state index in [9.17, 15) is 14.3 Å². The lowest BCUT2D eigenvalue weighted by atomic mass is 10.1. The smallest absolute Gasteiger partial charge is 0.258 e. The molecule has 10 heteroatoms. The summed E-state index contributed by atoms with van der Waals surface area (Å²) in [6.45, 7) is 7.57. The van der Waals surface area contributed by atoms with Crippen molar-refractivity contribution in [1.29, 1.82) is 5.41 Å². The number of amides is 1. The van der Waals surface area contributed by atoms with Gasteiger partial charge in [0.05, 0.1) is 41.2 Å². The number of benzene rings is 1. The Morgan fingerprint density at radius 1 is 1.41 bits per heavy atom. The number of aliphatic imine (C=N–C) groups is 1. The molecule has 8 nitrogen and oxygen atoms in total. The highest BCUT2D eigenvalue weighted by molar-refractivity contribution is 6.43. The Hall–Kier alpha value is -2.75. The molecule has 3 heterocycles. The Bertz CT molecular complexity index is 1110. The maximum Gasteiger partial charge on any atom is 0.258 e. The van der Waals surface area contributed by atoms with Crippen LogP contribution in [0.5, 0.6) is 5.75 Å². The number of rotatable bonds is 5. The summed E-state index contributed by atoms with van der Waals surface area (Å²) in [6.07, 6.45) is 0.0748. The Balaban J connectivity index is 1.52. The maximum atomic E-state index is 14.1. The van der Waals surface area contributed by atoms with Crippen molar-refractivity contribution in [1.82, 2.24) is 15.1 Å². The van der Waals surface area contributed by atoms with Crippen molar-refractivity contribution < 1.29 is 19.0 Å². The lowest BCUT2D eigenvalue weighted by Crippen LogP contribution is -2.32. The highest BCUT2D eigenvalue weighted by Gasteiger charge is 2.33. The van der Waals surface area contributed by atoms with E-state index >= 15 is 0 Å². The van der Waals surface area contributed by atoms with E-state index < -0.39 is 11.9 Å². The lowest BCUT2D eigenvalue weighted by Gasteiger charge is -2.21. The van der Waals surface area contributed by atoms with Gasteiger partial charge in [-0.15, -0.1) is 0 Å². The van der Waals surface area contributed by atoms with Gasteiger partial charge in [0.2, 0.25) is 0 Å². The molecular formula is C24H29ClFN5O3. The van der Waals surface area contributed by atoms with Crippen LogP contribution in [0.2, 0.25) is 0 Å². The van der Waals surface area contributed by atoms with E-state index in [1.54, 1.807) is 13.8 Å². The minimum absolute atomic E-state index is 0.118. The molecule has 34 heavy (non-hydrogen) atoms. The number of halogens is 2. The first-order chi connectivity index (χ1) is 16.1. The number of carbonyl (C=O) groups excluding carboxylic acids is 1. The van der Waals surface area contributed by atoms with Crippen LogP contribution in [0.4, 0.5) is 4.39 Å². The van der Waals surface area contributed by atoms with Crippen molar-refractivity contribution >= 4 is 28.9 Å². The monoisotopic (exact) mass is 489 g/mol. The van der Waals surface area contributed by atoms with E-state index in [0.29, 0.717) is 35.2 Å². The minimum Gasteiger partial charge on any atom is -0.488 e. The zero-order valence-electron chi connectivity index (χ0n) is 19.5. The third kappa shape index (κ3) is 5.16. The van der Waals surface area contributed by atoms with Crippen LogP contribution in [0, 0.1) is 11.2 Å². The number of hydrogen-bond acceptors (Lipinski definition) is 7. The van der Waals surface area contributed by atoms with Crippen LogP contribution in [0.15, 0.2) is 45.3 Å². The predicted molar refractivity (Wildman–Crippen MR) is 129 cm³/mol. The molecule has 0 spiro atoms. The van der Waals surface area contributed by atoms with Crippen molar-refractivity contribution in [3.05, 3.63) is 51.7 Å². The second kappa shape index (κ2) is 9.85. The van der Waals surface area contributed by atoms with E-state index in [1.165, 1.54) is 23.1 Å². The zero-order chi connectivity index (χ0) is 24.6. The molecule has 0 aliphatic carbocycles. The van der Waals surface area contributed by atoms with Crippen LogP contribution >= 0.6 is 11.6 Å². The average molecular weight is 490 g/mol. The third-order valence-electron chi connectivity index (χ3n) is 6.09. The molecule has 182 valence electrons. The van der Waals surface area contributed by atoms with Crippen molar-refractivity contribution in [2.45, 2.75) is 39.4 Å². The summed E-state index contributed by atoms with van der Waals surface area (Å²) in [4.78, 5) is 21.5. The number of ether oxygens (including phenoxy) is 1. The quantitative estimate of drug-likeness (QED) is 0.590. The molecule has 3 aliphatic rings. The normalized spacial score (nSPS) is 24.4. The number of hydrogen-bond donors (Lipinski definition) is 3. The molecule has 0 aromatic heterocycles. The maximum absolute atomic E-state index is 14.1. The molecular weight excluding hydrogens is 461 g/mol. The number of β-amino-alcohol motifs (C(OH)–C–C–N with tert-alkyl or cyclic N) is 1. The van der Waals surface area contributed by atoms with Gasteiger partial charge in [-0.1, -0.05) is 11.6 Å². The zero-order valence-corrected chi connectivity index (χ0v) is 20.2. The number of likely N-dealkylation sites (tertiary alicyclic amines) is 2. The summed E-state index contributed by atoms with van der Waals surface area (Å²) in [7, 11) is 0. The van der Waals surface area contributed by atoms with Gasteiger partial charge in [0.1, 0.15) is 23.5 Å². The molecule has 2 atom stereocenters. The fourth-order valence-corrected chi connectivity index (χ4v) is 4.52. The van der Waals surface area contributed by atoms with Crippen LogP contribution in [0.1, 0.15) is 37.6 Å². The van der Waals surface area contributed by atoms with Gasteiger partial charge >= 0.3 is 0 Å². The Morgan fingerprint density at radius 3 is 2.88 bits per heavy atom. The predicted octanol–water partition coefficient (Wildman–Crippen LogP) is 2.88. The average Bonchev–Trinajstić information content (AvgIpc) is 3.37. The molecule has 1 aromatic carbocycles. The number of allylic oxidation sites excluding steroid dienone is 2. The van der Waals surface area contributed by atoms with Gasteiger partial charge < -0.3 is 25.5 Å². The molecule has 2 unspecified atom stereocenters. The molecule has 2 fully saturated rings. The molecule has 1 aromatic rings. The van der Waals surface area contributed by atoms with E-state index in [2.05, 4.69) is 15.2 Å². The first-order valence-electron chi connectivity index (χ1n) is 11.3. The van der Waals surface area contributed by atoms with E-state index in [1.807, 2.05) is 6.92 Å². The molecule has 4 rings (SSSR count). The number of aliphatic hydroxyl groups excluding tert-OH is 1. The summed E-state index contributed by atoms with van der Waals surface area (Å²) in [5, 5.41) is 21.7. The molecule has 0 saturated carbocycles. The first-order valence-corrected chi connectivity index (χ1v) is 11.7. The van der Waals surface area contributed by atoms with Gasteiger partial charge in [-0.25, -0.2) is 9.38 Å². The highest BCUT2D eigenvalue weighted by atomic mass is 35.5. The minimum atomic E-state index is -0.488. The number of nitrogens with zero attached hydrogens (tertiary/aromatic N) is 3. The van der Waals surface area contributed by atoms with Gasteiger partial charge in [0.25, 0.3) is 5.91 Å². The van der Waals surface area contributed by atoms with E-state index in [4.69, 9.17) is 21.7 Å². The van der Waals surface area contributed by atoms with Gasteiger partial charge in [-0.2, -0.15) is 0 Å². The van der Waals surface area contributed by atoms with Gasteiger partial charge in [-0.3, -0.25) is 9.69 Å². The molecule has 3 aliphatic heterocycles. The van der Waals surface area contributed by atoms with Crippen molar-refractivity contribution in [3.63, 3.8) is 0 Å². The Morgan fingerprint density at radius 2 is 2.18 bits per heavy atom. The Labute approximate surface area is 203 Å². The molecule has 0 bridgehead atoms. The van der Waals surface area contributed by atoms with Crippen molar-refractivity contribution in [2.75, 3.05) is 32.7 Å². The molecule has 1 amide bonds.